The van der Waals surface area contributed by atoms with Crippen molar-refractivity contribution in [2.45, 2.75) is 26.3 Å². The number of hydrogen-bond donors (Lipinski definition) is 1. The SMILES string of the molecule is CC(C)NCC(=O)N1CCCOCC1. The van der Waals surface area contributed by atoms with Crippen LogP contribution in [0.1, 0.15) is 20.3 Å². The number of carbonyl (C=O) groups excluding carboxylic acids is 1. The first-order valence-corrected chi connectivity index (χ1v) is 5.29. The van der Waals surface area contributed by atoms with Crippen molar-refractivity contribution in [2.75, 3.05) is 32.8 Å². The van der Waals surface area contributed by atoms with Crippen LogP contribution in [0, 0.1) is 0 Å². The molecule has 1 heterocycles. The lowest BCUT2D eigenvalue weighted by Gasteiger charge is -2.20. The molecule has 14 heavy (non-hydrogen) atoms. The van der Waals surface area contributed by atoms with E-state index in [0.29, 0.717) is 19.2 Å². The summed E-state index contributed by atoms with van der Waals surface area (Å²) in [6, 6.07) is 0.363. The molecular weight excluding hydrogens is 180 g/mol. The molecule has 0 spiro atoms. The number of nitrogens with one attached hydrogen (secondary N) is 1. The second-order valence-electron chi connectivity index (χ2n) is 3.88. The lowest BCUT2D eigenvalue weighted by molar-refractivity contribution is -0.130. The molecule has 1 fully saturated rings. The summed E-state index contributed by atoms with van der Waals surface area (Å²) in [5, 5.41) is 3.13. The van der Waals surface area contributed by atoms with Gasteiger partial charge >= 0.3 is 0 Å². The minimum atomic E-state index is 0.184. The van der Waals surface area contributed by atoms with Crippen LogP contribution in [0.4, 0.5) is 0 Å². The zero-order valence-corrected chi connectivity index (χ0v) is 9.08. The molecule has 1 N–H and O–H groups in total. The van der Waals surface area contributed by atoms with Gasteiger partial charge in [-0.1, -0.05) is 13.8 Å². The third-order valence-electron chi connectivity index (χ3n) is 2.24. The molecule has 0 radical (unpaired) electrons. The average molecular weight is 200 g/mol. The summed E-state index contributed by atoms with van der Waals surface area (Å²) in [5.41, 5.74) is 0. The van der Waals surface area contributed by atoms with Crippen molar-refractivity contribution in [2.24, 2.45) is 0 Å². The molecule has 0 aliphatic carbocycles. The van der Waals surface area contributed by atoms with Gasteiger partial charge in [-0.3, -0.25) is 4.79 Å². The lowest BCUT2D eigenvalue weighted by atomic mass is 10.3. The van der Waals surface area contributed by atoms with Crippen LogP contribution in [0.25, 0.3) is 0 Å². The van der Waals surface area contributed by atoms with Crippen LogP contribution in [-0.2, 0) is 9.53 Å². The Morgan fingerprint density at radius 1 is 1.43 bits per heavy atom. The molecule has 1 saturated heterocycles. The summed E-state index contributed by atoms with van der Waals surface area (Å²) in [7, 11) is 0. The van der Waals surface area contributed by atoms with E-state index < -0.39 is 0 Å². The molecule has 0 bridgehead atoms. The standard InChI is InChI=1S/C10H20N2O2/c1-9(2)11-8-10(13)12-4-3-6-14-7-5-12/h9,11H,3-8H2,1-2H3. The molecule has 0 aromatic heterocycles. The van der Waals surface area contributed by atoms with E-state index in [2.05, 4.69) is 5.32 Å². The summed E-state index contributed by atoms with van der Waals surface area (Å²) >= 11 is 0. The molecule has 1 amide bonds. The molecule has 1 aliphatic rings. The molecule has 4 nitrogen and oxygen atoms in total. The Kier molecular flexibility index (Phi) is 4.90. The van der Waals surface area contributed by atoms with Gasteiger partial charge in [0.05, 0.1) is 13.2 Å². The van der Waals surface area contributed by atoms with Gasteiger partial charge in [-0.2, -0.15) is 0 Å². The van der Waals surface area contributed by atoms with E-state index in [4.69, 9.17) is 4.74 Å². The van der Waals surface area contributed by atoms with Gasteiger partial charge in [-0.05, 0) is 6.42 Å². The normalized spacial score (nSPS) is 18.4. The largest absolute Gasteiger partial charge is 0.380 e. The number of ether oxygens (including phenoxy) is 1. The van der Waals surface area contributed by atoms with Crippen molar-refractivity contribution in [1.29, 1.82) is 0 Å². The van der Waals surface area contributed by atoms with Gasteiger partial charge in [-0.15, -0.1) is 0 Å². The first kappa shape index (κ1) is 11.5. The van der Waals surface area contributed by atoms with Gasteiger partial charge in [0.2, 0.25) is 5.91 Å². The topological polar surface area (TPSA) is 41.6 Å². The molecule has 82 valence electrons. The number of rotatable bonds is 3. The van der Waals surface area contributed by atoms with Crippen LogP contribution in [-0.4, -0.2) is 49.7 Å². The smallest absolute Gasteiger partial charge is 0.236 e. The van der Waals surface area contributed by atoms with Gasteiger partial charge in [0.1, 0.15) is 0 Å². The van der Waals surface area contributed by atoms with Gasteiger partial charge in [0.15, 0.2) is 0 Å². The lowest BCUT2D eigenvalue weighted by Crippen LogP contribution is -2.41. The predicted molar refractivity (Wildman–Crippen MR) is 55.2 cm³/mol. The maximum Gasteiger partial charge on any atom is 0.236 e. The molecule has 0 unspecified atom stereocenters. The van der Waals surface area contributed by atoms with Crippen molar-refractivity contribution in [3.8, 4) is 0 Å². The van der Waals surface area contributed by atoms with E-state index >= 15 is 0 Å². The summed E-state index contributed by atoms with van der Waals surface area (Å²) in [6.07, 6.45) is 0.952. The van der Waals surface area contributed by atoms with Gasteiger partial charge in [-0.25, -0.2) is 0 Å². The van der Waals surface area contributed by atoms with Crippen LogP contribution < -0.4 is 5.32 Å². The van der Waals surface area contributed by atoms with Crippen LogP contribution in [0.5, 0.6) is 0 Å². The highest BCUT2D eigenvalue weighted by molar-refractivity contribution is 5.78. The third kappa shape index (κ3) is 4.07. The second kappa shape index (κ2) is 5.98. The molecule has 1 aliphatic heterocycles. The van der Waals surface area contributed by atoms with Gasteiger partial charge in [0.25, 0.3) is 0 Å². The van der Waals surface area contributed by atoms with E-state index in [1.54, 1.807) is 0 Å². The second-order valence-corrected chi connectivity index (χ2v) is 3.88. The minimum absolute atomic E-state index is 0.184. The monoisotopic (exact) mass is 200 g/mol. The van der Waals surface area contributed by atoms with Crippen molar-refractivity contribution >= 4 is 5.91 Å². The summed E-state index contributed by atoms with van der Waals surface area (Å²) < 4.78 is 5.29. The van der Waals surface area contributed by atoms with E-state index in [1.165, 1.54) is 0 Å². The number of amides is 1. The van der Waals surface area contributed by atoms with Crippen LogP contribution >= 0.6 is 0 Å². The van der Waals surface area contributed by atoms with Crippen molar-refractivity contribution in [3.63, 3.8) is 0 Å². The fourth-order valence-electron chi connectivity index (χ4n) is 1.40. The maximum atomic E-state index is 11.7. The summed E-state index contributed by atoms with van der Waals surface area (Å²) in [5.74, 6) is 0.184. The molecule has 0 atom stereocenters. The van der Waals surface area contributed by atoms with Crippen molar-refractivity contribution in [3.05, 3.63) is 0 Å². The predicted octanol–water partition coefficient (Wildman–Crippen LogP) is 0.233. The maximum absolute atomic E-state index is 11.7. The highest BCUT2D eigenvalue weighted by atomic mass is 16.5. The van der Waals surface area contributed by atoms with Crippen LogP contribution in [0.3, 0.4) is 0 Å². The van der Waals surface area contributed by atoms with Crippen molar-refractivity contribution < 1.29 is 9.53 Å². The van der Waals surface area contributed by atoms with Gasteiger partial charge < -0.3 is 15.0 Å². The third-order valence-corrected chi connectivity index (χ3v) is 2.24. The summed E-state index contributed by atoms with van der Waals surface area (Å²) in [6.45, 7) is 7.54. The Morgan fingerprint density at radius 2 is 2.21 bits per heavy atom. The molecule has 0 saturated carbocycles. The molecular formula is C10H20N2O2. The summed E-state index contributed by atoms with van der Waals surface area (Å²) in [4.78, 5) is 13.5. The van der Waals surface area contributed by atoms with Crippen LogP contribution in [0.2, 0.25) is 0 Å². The highest BCUT2D eigenvalue weighted by Crippen LogP contribution is 1.99. The van der Waals surface area contributed by atoms with E-state index in [0.717, 1.165) is 26.1 Å². The minimum Gasteiger partial charge on any atom is -0.380 e. The van der Waals surface area contributed by atoms with Crippen LogP contribution in [0.15, 0.2) is 0 Å². The quantitative estimate of drug-likeness (QED) is 0.709. The Labute approximate surface area is 85.6 Å². The fourth-order valence-corrected chi connectivity index (χ4v) is 1.40. The number of nitrogens with zero attached hydrogens (tertiary/aromatic N) is 1. The highest BCUT2D eigenvalue weighted by Gasteiger charge is 2.14. The first-order chi connectivity index (χ1) is 6.70. The van der Waals surface area contributed by atoms with E-state index in [9.17, 15) is 4.79 Å². The first-order valence-electron chi connectivity index (χ1n) is 5.29. The van der Waals surface area contributed by atoms with Gasteiger partial charge in [0, 0.05) is 25.7 Å². The Balaban J connectivity index is 2.27. The fraction of sp³-hybridized carbons (Fsp3) is 0.900. The van der Waals surface area contributed by atoms with Crippen molar-refractivity contribution in [1.82, 2.24) is 10.2 Å². The zero-order valence-electron chi connectivity index (χ0n) is 9.08. The zero-order chi connectivity index (χ0) is 10.4. The Morgan fingerprint density at radius 3 is 2.93 bits per heavy atom. The molecule has 1 rings (SSSR count). The molecule has 0 aromatic carbocycles. The Hall–Kier alpha value is -0.610. The molecule has 0 aromatic rings. The number of hydrogen-bond acceptors (Lipinski definition) is 3. The number of carbonyl (C=O) groups is 1. The molecule has 4 heteroatoms. The average Bonchev–Trinajstić information content (AvgIpc) is 2.42. The van der Waals surface area contributed by atoms with E-state index in [-0.39, 0.29) is 5.91 Å². The van der Waals surface area contributed by atoms with E-state index in [1.807, 2.05) is 18.7 Å². The Bertz CT molecular complexity index is 175.